The fourth-order valence-electron chi connectivity index (χ4n) is 4.69. The van der Waals surface area contributed by atoms with Crippen LogP contribution in [0.5, 0.6) is 5.75 Å². The third-order valence-corrected chi connectivity index (χ3v) is 7.04. The van der Waals surface area contributed by atoms with Crippen LogP contribution in [0, 0.1) is 0 Å². The molecule has 214 valence electrons. The number of hydrogen-bond acceptors (Lipinski definition) is 4. The van der Waals surface area contributed by atoms with E-state index in [-0.39, 0.29) is 5.91 Å². The van der Waals surface area contributed by atoms with Gasteiger partial charge < -0.3 is 4.74 Å². The fourth-order valence-corrected chi connectivity index (χ4v) is 4.69. The number of unbranched alkanes of at least 4 members (excludes halogenated alkanes) is 8. The number of carbonyl (C=O) groups is 1. The number of carbonyl (C=O) groups excluding carboxylic acids is 1. The first-order chi connectivity index (χ1) is 20.2. The molecular formula is C35H42N4O2. The lowest BCUT2D eigenvalue weighted by Gasteiger charge is -2.07. The number of nitrogens with one attached hydrogen (secondary N) is 1. The molecule has 0 spiro atoms. The number of hydrogen-bond donors (Lipinski definition) is 1. The van der Waals surface area contributed by atoms with Gasteiger partial charge in [-0.2, -0.15) is 10.2 Å². The van der Waals surface area contributed by atoms with Crippen LogP contribution in [0.4, 0.5) is 0 Å². The van der Waals surface area contributed by atoms with Gasteiger partial charge in [-0.3, -0.25) is 4.79 Å². The molecule has 1 heterocycles. The van der Waals surface area contributed by atoms with Crippen molar-refractivity contribution in [3.05, 3.63) is 102 Å². The molecule has 4 rings (SSSR count). The molecule has 1 aromatic heterocycles. The maximum absolute atomic E-state index is 12.4. The quantitative estimate of drug-likeness (QED) is 0.0814. The summed E-state index contributed by atoms with van der Waals surface area (Å²) in [4.78, 5) is 12.4. The Hall–Kier alpha value is -4.19. The van der Waals surface area contributed by atoms with E-state index in [1.54, 1.807) is 6.21 Å². The number of benzene rings is 3. The highest BCUT2D eigenvalue weighted by Crippen LogP contribution is 2.25. The van der Waals surface area contributed by atoms with E-state index >= 15 is 0 Å². The van der Waals surface area contributed by atoms with Gasteiger partial charge in [-0.1, -0.05) is 107 Å². The molecule has 41 heavy (non-hydrogen) atoms. The first kappa shape index (κ1) is 29.8. The number of para-hydroxylation sites is 1. The van der Waals surface area contributed by atoms with E-state index in [9.17, 15) is 4.79 Å². The van der Waals surface area contributed by atoms with E-state index in [0.29, 0.717) is 13.0 Å². The average molecular weight is 551 g/mol. The van der Waals surface area contributed by atoms with Crippen molar-refractivity contribution in [2.45, 2.75) is 77.7 Å². The minimum atomic E-state index is -0.0545. The summed E-state index contributed by atoms with van der Waals surface area (Å²) >= 11 is 0. The van der Waals surface area contributed by atoms with Crippen molar-refractivity contribution >= 4 is 12.1 Å². The number of rotatable bonds is 17. The smallest absolute Gasteiger partial charge is 0.240 e. The standard InChI is InChI=1S/C35H42N4O2/c1-2-3-4-5-6-7-8-9-16-21-34(40)37-36-26-31-27-39(32-19-14-11-15-20-32)38-35(31)30-22-24-33(25-23-30)41-28-29-17-12-10-13-18-29/h10-15,17-20,22-27H,2-9,16,21,28H2,1H3,(H,37,40). The predicted molar refractivity (Wildman–Crippen MR) is 167 cm³/mol. The van der Waals surface area contributed by atoms with Crippen molar-refractivity contribution in [3.63, 3.8) is 0 Å². The van der Waals surface area contributed by atoms with Crippen LogP contribution in [0.3, 0.4) is 0 Å². The molecule has 6 heteroatoms. The zero-order valence-electron chi connectivity index (χ0n) is 24.2. The van der Waals surface area contributed by atoms with Crippen LogP contribution < -0.4 is 10.2 Å². The maximum atomic E-state index is 12.4. The second-order valence-electron chi connectivity index (χ2n) is 10.4. The first-order valence-corrected chi connectivity index (χ1v) is 15.0. The molecule has 0 aliphatic rings. The third-order valence-electron chi connectivity index (χ3n) is 7.04. The molecule has 0 saturated carbocycles. The average Bonchev–Trinajstić information content (AvgIpc) is 3.44. The summed E-state index contributed by atoms with van der Waals surface area (Å²) in [7, 11) is 0. The first-order valence-electron chi connectivity index (χ1n) is 15.0. The molecule has 0 bridgehead atoms. The van der Waals surface area contributed by atoms with Crippen molar-refractivity contribution in [3.8, 4) is 22.7 Å². The Morgan fingerprint density at radius 1 is 0.829 bits per heavy atom. The molecular weight excluding hydrogens is 508 g/mol. The summed E-state index contributed by atoms with van der Waals surface area (Å²) in [6.45, 7) is 2.76. The monoisotopic (exact) mass is 550 g/mol. The molecule has 3 aromatic carbocycles. The molecule has 0 saturated heterocycles. The van der Waals surface area contributed by atoms with Gasteiger partial charge in [0.2, 0.25) is 5.91 Å². The lowest BCUT2D eigenvalue weighted by atomic mass is 10.1. The summed E-state index contributed by atoms with van der Waals surface area (Å²) in [6, 6.07) is 28.0. The van der Waals surface area contributed by atoms with Gasteiger partial charge in [0.25, 0.3) is 0 Å². The summed E-state index contributed by atoms with van der Waals surface area (Å²) in [5.74, 6) is 0.736. The maximum Gasteiger partial charge on any atom is 0.240 e. The Morgan fingerprint density at radius 2 is 1.46 bits per heavy atom. The SMILES string of the molecule is CCCCCCCCCCCC(=O)NN=Cc1cn(-c2ccccc2)nc1-c1ccc(OCc2ccccc2)cc1. The Bertz CT molecular complexity index is 1330. The van der Waals surface area contributed by atoms with E-state index < -0.39 is 0 Å². The zero-order chi connectivity index (χ0) is 28.5. The lowest BCUT2D eigenvalue weighted by Crippen LogP contribution is -2.16. The minimum absolute atomic E-state index is 0.0545. The molecule has 6 nitrogen and oxygen atoms in total. The highest BCUT2D eigenvalue weighted by atomic mass is 16.5. The molecule has 0 aliphatic heterocycles. The van der Waals surface area contributed by atoms with Crippen LogP contribution >= 0.6 is 0 Å². The number of aromatic nitrogens is 2. The second kappa shape index (κ2) is 16.8. The molecule has 0 aliphatic carbocycles. The lowest BCUT2D eigenvalue weighted by molar-refractivity contribution is -0.121. The third kappa shape index (κ3) is 10.1. The van der Waals surface area contributed by atoms with Gasteiger partial charge in [-0.15, -0.1) is 0 Å². The van der Waals surface area contributed by atoms with Crippen LogP contribution in [0.2, 0.25) is 0 Å². The zero-order valence-corrected chi connectivity index (χ0v) is 24.2. The van der Waals surface area contributed by atoms with Crippen LogP contribution in [0.25, 0.3) is 16.9 Å². The second-order valence-corrected chi connectivity index (χ2v) is 10.4. The van der Waals surface area contributed by atoms with Gasteiger partial charge in [0.05, 0.1) is 11.9 Å². The summed E-state index contributed by atoms with van der Waals surface area (Å²) in [5.41, 5.74) is 7.30. The van der Waals surface area contributed by atoms with Gasteiger partial charge in [-0.05, 0) is 48.4 Å². The molecule has 1 amide bonds. The van der Waals surface area contributed by atoms with Crippen LogP contribution in [0.15, 0.2) is 96.2 Å². The van der Waals surface area contributed by atoms with E-state index in [4.69, 9.17) is 9.84 Å². The van der Waals surface area contributed by atoms with Gasteiger partial charge in [-0.25, -0.2) is 10.1 Å². The van der Waals surface area contributed by atoms with Gasteiger partial charge in [0.15, 0.2) is 0 Å². The number of amides is 1. The van der Waals surface area contributed by atoms with Crippen molar-refractivity contribution in [2.75, 3.05) is 0 Å². The Morgan fingerprint density at radius 3 is 2.15 bits per heavy atom. The Balaban J connectivity index is 1.33. The van der Waals surface area contributed by atoms with Crippen molar-refractivity contribution in [2.24, 2.45) is 5.10 Å². The van der Waals surface area contributed by atoms with E-state index in [1.807, 2.05) is 95.8 Å². The van der Waals surface area contributed by atoms with Crippen molar-refractivity contribution in [1.29, 1.82) is 0 Å². The van der Waals surface area contributed by atoms with Crippen molar-refractivity contribution < 1.29 is 9.53 Å². The van der Waals surface area contributed by atoms with Gasteiger partial charge in [0, 0.05) is 23.7 Å². The topological polar surface area (TPSA) is 68.5 Å². The van der Waals surface area contributed by atoms with Crippen molar-refractivity contribution in [1.82, 2.24) is 15.2 Å². The number of nitrogens with zero attached hydrogens (tertiary/aromatic N) is 3. The Kier molecular flexibility index (Phi) is 12.2. The molecule has 1 N–H and O–H groups in total. The van der Waals surface area contributed by atoms with Gasteiger partial charge >= 0.3 is 0 Å². The van der Waals surface area contributed by atoms with Crippen LogP contribution in [-0.4, -0.2) is 21.9 Å². The minimum Gasteiger partial charge on any atom is -0.489 e. The van der Waals surface area contributed by atoms with E-state index in [0.717, 1.165) is 46.7 Å². The Labute approximate surface area is 244 Å². The molecule has 4 aromatic rings. The summed E-state index contributed by atoms with van der Waals surface area (Å²) in [5, 5.41) is 9.11. The molecule has 0 unspecified atom stereocenters. The largest absolute Gasteiger partial charge is 0.489 e. The highest BCUT2D eigenvalue weighted by Gasteiger charge is 2.12. The van der Waals surface area contributed by atoms with Crippen LogP contribution in [-0.2, 0) is 11.4 Å². The van der Waals surface area contributed by atoms with Gasteiger partial charge in [0.1, 0.15) is 18.1 Å². The van der Waals surface area contributed by atoms with E-state index in [1.165, 1.54) is 44.9 Å². The number of hydrazone groups is 1. The predicted octanol–water partition coefficient (Wildman–Crippen LogP) is 8.49. The fraction of sp³-hybridized carbons (Fsp3) is 0.343. The molecule has 0 atom stereocenters. The molecule has 0 radical (unpaired) electrons. The molecule has 0 fully saturated rings. The van der Waals surface area contributed by atoms with Crippen LogP contribution in [0.1, 0.15) is 82.3 Å². The summed E-state index contributed by atoms with van der Waals surface area (Å²) in [6.07, 6.45) is 15.1. The highest BCUT2D eigenvalue weighted by molar-refractivity contribution is 5.89. The summed E-state index contributed by atoms with van der Waals surface area (Å²) < 4.78 is 7.79. The van der Waals surface area contributed by atoms with E-state index in [2.05, 4.69) is 17.5 Å². The normalized spacial score (nSPS) is 11.1. The number of ether oxygens (including phenoxy) is 1.